The van der Waals surface area contributed by atoms with Crippen molar-refractivity contribution in [2.75, 3.05) is 6.61 Å². The van der Waals surface area contributed by atoms with Gasteiger partial charge in [0.2, 0.25) is 0 Å². The van der Waals surface area contributed by atoms with Gasteiger partial charge in [0.1, 0.15) is 0 Å². The van der Waals surface area contributed by atoms with E-state index in [1.165, 1.54) is 0 Å². The Labute approximate surface area is 74.6 Å². The van der Waals surface area contributed by atoms with Crippen molar-refractivity contribution in [3.63, 3.8) is 0 Å². The fourth-order valence-electron chi connectivity index (χ4n) is 0.822. The molecular weight excluding hydrogens is 152 g/mol. The summed E-state index contributed by atoms with van der Waals surface area (Å²) in [4.78, 5) is 11.3. The first kappa shape index (κ1) is 11.2. The van der Waals surface area contributed by atoms with E-state index in [9.17, 15) is 4.79 Å². The SMILES string of the molecule is CC=CCC(C)(C)C(=O)OCC. The summed E-state index contributed by atoms with van der Waals surface area (Å²) < 4.78 is 4.93. The molecule has 0 aliphatic carbocycles. The average molecular weight is 170 g/mol. The quantitative estimate of drug-likeness (QED) is 0.478. The summed E-state index contributed by atoms with van der Waals surface area (Å²) in [5, 5.41) is 0. The smallest absolute Gasteiger partial charge is 0.311 e. The molecular formula is C10H18O2. The topological polar surface area (TPSA) is 26.3 Å². The third-order valence-electron chi connectivity index (χ3n) is 1.69. The fraction of sp³-hybridized carbons (Fsp3) is 0.700. The van der Waals surface area contributed by atoms with Crippen LogP contribution in [-0.2, 0) is 9.53 Å². The van der Waals surface area contributed by atoms with Crippen LogP contribution in [0.2, 0.25) is 0 Å². The minimum Gasteiger partial charge on any atom is -0.466 e. The summed E-state index contributed by atoms with van der Waals surface area (Å²) in [5.74, 6) is -0.122. The number of ether oxygens (including phenoxy) is 1. The Balaban J connectivity index is 4.08. The zero-order valence-electron chi connectivity index (χ0n) is 8.39. The maximum atomic E-state index is 11.3. The van der Waals surface area contributed by atoms with Crippen molar-refractivity contribution in [2.24, 2.45) is 5.41 Å². The normalized spacial score (nSPS) is 12.0. The van der Waals surface area contributed by atoms with Gasteiger partial charge in [-0.3, -0.25) is 4.79 Å². The highest BCUT2D eigenvalue weighted by atomic mass is 16.5. The summed E-state index contributed by atoms with van der Waals surface area (Å²) in [6, 6.07) is 0. The Hall–Kier alpha value is -0.790. The van der Waals surface area contributed by atoms with Crippen LogP contribution in [0.1, 0.15) is 34.1 Å². The van der Waals surface area contributed by atoms with E-state index >= 15 is 0 Å². The van der Waals surface area contributed by atoms with Crippen molar-refractivity contribution >= 4 is 5.97 Å². The monoisotopic (exact) mass is 170 g/mol. The molecule has 0 aromatic rings. The van der Waals surface area contributed by atoms with E-state index in [0.717, 1.165) is 6.42 Å². The molecule has 0 aromatic heterocycles. The van der Waals surface area contributed by atoms with Gasteiger partial charge >= 0.3 is 5.97 Å². The lowest BCUT2D eigenvalue weighted by molar-refractivity contribution is -0.153. The summed E-state index contributed by atoms with van der Waals surface area (Å²) in [7, 11) is 0. The molecule has 0 rings (SSSR count). The van der Waals surface area contributed by atoms with E-state index in [0.29, 0.717) is 6.61 Å². The van der Waals surface area contributed by atoms with Gasteiger partial charge in [0.15, 0.2) is 0 Å². The molecule has 0 radical (unpaired) electrons. The van der Waals surface area contributed by atoms with Crippen molar-refractivity contribution in [3.8, 4) is 0 Å². The average Bonchev–Trinajstić information content (AvgIpc) is 2.01. The zero-order valence-corrected chi connectivity index (χ0v) is 8.39. The van der Waals surface area contributed by atoms with Crippen LogP contribution in [0.25, 0.3) is 0 Å². The first-order valence-electron chi connectivity index (χ1n) is 4.33. The van der Waals surface area contributed by atoms with E-state index in [4.69, 9.17) is 4.74 Å². The minimum absolute atomic E-state index is 0.122. The molecule has 12 heavy (non-hydrogen) atoms. The van der Waals surface area contributed by atoms with Crippen molar-refractivity contribution in [2.45, 2.75) is 34.1 Å². The lowest BCUT2D eigenvalue weighted by Gasteiger charge is -2.19. The van der Waals surface area contributed by atoms with Gasteiger partial charge < -0.3 is 4.74 Å². The molecule has 0 amide bonds. The van der Waals surface area contributed by atoms with Gasteiger partial charge in [0.05, 0.1) is 12.0 Å². The van der Waals surface area contributed by atoms with Gasteiger partial charge in [0.25, 0.3) is 0 Å². The standard InChI is InChI=1S/C10H18O2/c1-5-7-8-10(3,4)9(11)12-6-2/h5,7H,6,8H2,1-4H3. The summed E-state index contributed by atoms with van der Waals surface area (Å²) >= 11 is 0. The van der Waals surface area contributed by atoms with Crippen LogP contribution in [0.5, 0.6) is 0 Å². The van der Waals surface area contributed by atoms with Crippen molar-refractivity contribution < 1.29 is 9.53 Å². The molecule has 0 fully saturated rings. The Bertz CT molecular complexity index is 169. The van der Waals surface area contributed by atoms with Gasteiger partial charge in [-0.15, -0.1) is 0 Å². The van der Waals surface area contributed by atoms with Crippen LogP contribution in [0.3, 0.4) is 0 Å². The minimum atomic E-state index is -0.386. The second-order valence-corrected chi connectivity index (χ2v) is 3.38. The highest BCUT2D eigenvalue weighted by Crippen LogP contribution is 2.22. The summed E-state index contributed by atoms with van der Waals surface area (Å²) in [6.07, 6.45) is 4.67. The van der Waals surface area contributed by atoms with Crippen molar-refractivity contribution in [1.29, 1.82) is 0 Å². The van der Waals surface area contributed by atoms with Crippen molar-refractivity contribution in [1.82, 2.24) is 0 Å². The van der Waals surface area contributed by atoms with E-state index in [1.807, 2.05) is 39.8 Å². The van der Waals surface area contributed by atoms with Gasteiger partial charge in [-0.2, -0.15) is 0 Å². The molecule has 0 bridgehead atoms. The maximum Gasteiger partial charge on any atom is 0.311 e. The lowest BCUT2D eigenvalue weighted by Crippen LogP contribution is -2.25. The van der Waals surface area contributed by atoms with Crippen LogP contribution < -0.4 is 0 Å². The number of rotatable bonds is 4. The number of carbonyl (C=O) groups excluding carboxylic acids is 1. The molecule has 0 spiro atoms. The van der Waals surface area contributed by atoms with E-state index in [2.05, 4.69) is 0 Å². The molecule has 0 aromatic carbocycles. The van der Waals surface area contributed by atoms with E-state index < -0.39 is 0 Å². The van der Waals surface area contributed by atoms with E-state index in [-0.39, 0.29) is 11.4 Å². The highest BCUT2D eigenvalue weighted by molar-refractivity contribution is 5.76. The lowest BCUT2D eigenvalue weighted by atomic mass is 9.89. The first-order chi connectivity index (χ1) is 5.54. The third kappa shape index (κ3) is 3.56. The molecule has 0 aliphatic rings. The summed E-state index contributed by atoms with van der Waals surface area (Å²) in [6.45, 7) is 8.01. The second-order valence-electron chi connectivity index (χ2n) is 3.38. The number of esters is 1. The third-order valence-corrected chi connectivity index (χ3v) is 1.69. The van der Waals surface area contributed by atoms with Crippen LogP contribution in [0, 0.1) is 5.41 Å². The fourth-order valence-corrected chi connectivity index (χ4v) is 0.822. The largest absolute Gasteiger partial charge is 0.466 e. The molecule has 0 unspecified atom stereocenters. The molecule has 2 nitrogen and oxygen atoms in total. The van der Waals surface area contributed by atoms with Gasteiger partial charge in [0, 0.05) is 0 Å². The Morgan fingerprint density at radius 3 is 2.50 bits per heavy atom. The summed E-state index contributed by atoms with van der Waals surface area (Å²) in [5.41, 5.74) is -0.386. The molecule has 0 heterocycles. The highest BCUT2D eigenvalue weighted by Gasteiger charge is 2.27. The van der Waals surface area contributed by atoms with Crippen LogP contribution in [0.4, 0.5) is 0 Å². The van der Waals surface area contributed by atoms with Crippen LogP contribution in [-0.4, -0.2) is 12.6 Å². The molecule has 0 saturated carbocycles. The first-order valence-corrected chi connectivity index (χ1v) is 4.33. The zero-order chi connectivity index (χ0) is 9.61. The Morgan fingerprint density at radius 1 is 1.50 bits per heavy atom. The van der Waals surface area contributed by atoms with Crippen LogP contribution in [0.15, 0.2) is 12.2 Å². The molecule has 0 aliphatic heterocycles. The Morgan fingerprint density at radius 2 is 2.08 bits per heavy atom. The predicted octanol–water partition coefficient (Wildman–Crippen LogP) is 2.54. The Kier molecular flexibility index (Phi) is 4.64. The molecule has 2 heteroatoms. The molecule has 70 valence electrons. The molecule has 0 atom stereocenters. The second kappa shape index (κ2) is 4.96. The number of carbonyl (C=O) groups is 1. The van der Waals surface area contributed by atoms with Crippen LogP contribution >= 0.6 is 0 Å². The molecule has 0 saturated heterocycles. The maximum absolute atomic E-state index is 11.3. The van der Waals surface area contributed by atoms with E-state index in [1.54, 1.807) is 0 Å². The van der Waals surface area contributed by atoms with Gasteiger partial charge in [-0.1, -0.05) is 12.2 Å². The predicted molar refractivity (Wildman–Crippen MR) is 49.8 cm³/mol. The molecule has 0 N–H and O–H groups in total. The number of hydrogen-bond donors (Lipinski definition) is 0. The van der Waals surface area contributed by atoms with Gasteiger partial charge in [-0.25, -0.2) is 0 Å². The number of hydrogen-bond acceptors (Lipinski definition) is 2. The number of allylic oxidation sites excluding steroid dienone is 2. The van der Waals surface area contributed by atoms with Crippen molar-refractivity contribution in [3.05, 3.63) is 12.2 Å². The van der Waals surface area contributed by atoms with Gasteiger partial charge in [-0.05, 0) is 34.1 Å².